The van der Waals surface area contributed by atoms with Crippen molar-refractivity contribution in [3.8, 4) is 12.3 Å². The van der Waals surface area contributed by atoms with E-state index in [9.17, 15) is 4.79 Å². The summed E-state index contributed by atoms with van der Waals surface area (Å²) >= 11 is 0. The molecule has 0 atom stereocenters. The molecule has 0 heterocycles. The summed E-state index contributed by atoms with van der Waals surface area (Å²) in [4.78, 5) is 11.7. The van der Waals surface area contributed by atoms with Crippen LogP contribution in [0.25, 0.3) is 0 Å². The topological polar surface area (TPSA) is 29.1 Å². The van der Waals surface area contributed by atoms with E-state index in [0.717, 1.165) is 17.5 Å². The molecule has 0 saturated carbocycles. The first kappa shape index (κ1) is 11.3. The maximum atomic E-state index is 11.7. The number of unbranched alkanes of at least 4 members (excludes halogenated alkanes) is 1. The fourth-order valence-electron chi connectivity index (χ4n) is 1.32. The minimum absolute atomic E-state index is 0.0230. The Bertz CT molecular complexity index is 376. The first-order valence-electron chi connectivity index (χ1n) is 5.03. The number of terminal acetylenes is 1. The zero-order valence-corrected chi connectivity index (χ0v) is 8.92. The van der Waals surface area contributed by atoms with E-state index < -0.39 is 0 Å². The molecule has 1 amide bonds. The molecule has 0 aromatic heterocycles. The number of aryl methyl sites for hydroxylation is 1. The lowest BCUT2D eigenvalue weighted by atomic mass is 10.1. The summed E-state index contributed by atoms with van der Waals surface area (Å²) in [6.07, 6.45) is 6.65. The summed E-state index contributed by atoms with van der Waals surface area (Å²) in [6.45, 7) is 2.56. The van der Waals surface area contributed by atoms with E-state index in [1.54, 1.807) is 0 Å². The van der Waals surface area contributed by atoms with Crippen molar-refractivity contribution in [3.05, 3.63) is 35.4 Å². The number of amides is 1. The van der Waals surface area contributed by atoms with E-state index in [0.29, 0.717) is 13.0 Å². The van der Waals surface area contributed by atoms with Crippen molar-refractivity contribution in [2.24, 2.45) is 0 Å². The molecule has 2 heteroatoms. The third-order valence-corrected chi connectivity index (χ3v) is 2.17. The lowest BCUT2D eigenvalue weighted by Crippen LogP contribution is -2.25. The third-order valence-electron chi connectivity index (χ3n) is 2.17. The van der Waals surface area contributed by atoms with Gasteiger partial charge in [-0.25, -0.2) is 0 Å². The lowest BCUT2D eigenvalue weighted by molar-refractivity contribution is 0.0953. The Kier molecular flexibility index (Phi) is 4.43. The standard InChI is InChI=1S/C13H15NO/c1-3-4-7-10-14-13(15)12-9-6-5-8-11(12)2/h1,5-6,8-9H,4,7,10H2,2H3,(H,14,15). The maximum absolute atomic E-state index is 11.7. The fraction of sp³-hybridized carbons (Fsp3) is 0.308. The van der Waals surface area contributed by atoms with Gasteiger partial charge in [0.2, 0.25) is 0 Å². The van der Waals surface area contributed by atoms with Gasteiger partial charge in [-0.05, 0) is 25.0 Å². The normalized spacial score (nSPS) is 9.33. The number of hydrogen-bond donors (Lipinski definition) is 1. The van der Waals surface area contributed by atoms with E-state index in [1.165, 1.54) is 0 Å². The molecular weight excluding hydrogens is 186 g/mol. The van der Waals surface area contributed by atoms with Crippen LogP contribution >= 0.6 is 0 Å². The molecule has 0 bridgehead atoms. The Morgan fingerprint density at radius 2 is 2.20 bits per heavy atom. The second kappa shape index (κ2) is 5.87. The summed E-state index contributed by atoms with van der Waals surface area (Å²) in [5.74, 6) is 2.52. The number of carbonyl (C=O) groups is 1. The highest BCUT2D eigenvalue weighted by Crippen LogP contribution is 2.06. The van der Waals surface area contributed by atoms with E-state index in [4.69, 9.17) is 6.42 Å². The summed E-state index contributed by atoms with van der Waals surface area (Å²) in [5, 5.41) is 2.84. The van der Waals surface area contributed by atoms with E-state index >= 15 is 0 Å². The van der Waals surface area contributed by atoms with Crippen LogP contribution in [0.4, 0.5) is 0 Å². The van der Waals surface area contributed by atoms with Crippen LogP contribution in [0.2, 0.25) is 0 Å². The van der Waals surface area contributed by atoms with Crippen LogP contribution in [0.15, 0.2) is 24.3 Å². The van der Waals surface area contributed by atoms with Crippen LogP contribution in [0.5, 0.6) is 0 Å². The molecule has 2 nitrogen and oxygen atoms in total. The van der Waals surface area contributed by atoms with Gasteiger partial charge in [0, 0.05) is 18.5 Å². The predicted molar refractivity (Wildman–Crippen MR) is 61.6 cm³/mol. The monoisotopic (exact) mass is 201 g/mol. The van der Waals surface area contributed by atoms with E-state index in [2.05, 4.69) is 11.2 Å². The third kappa shape index (κ3) is 3.47. The number of carbonyl (C=O) groups excluding carboxylic acids is 1. The number of rotatable bonds is 4. The average molecular weight is 201 g/mol. The molecule has 0 radical (unpaired) electrons. The van der Waals surface area contributed by atoms with Gasteiger partial charge in [0.1, 0.15) is 0 Å². The quantitative estimate of drug-likeness (QED) is 0.587. The fourth-order valence-corrected chi connectivity index (χ4v) is 1.32. The summed E-state index contributed by atoms with van der Waals surface area (Å²) in [6, 6.07) is 7.54. The molecule has 78 valence electrons. The van der Waals surface area contributed by atoms with Crippen molar-refractivity contribution in [2.45, 2.75) is 19.8 Å². The first-order chi connectivity index (χ1) is 7.25. The van der Waals surface area contributed by atoms with Crippen molar-refractivity contribution in [1.82, 2.24) is 5.32 Å². The van der Waals surface area contributed by atoms with Gasteiger partial charge in [-0.2, -0.15) is 0 Å². The first-order valence-corrected chi connectivity index (χ1v) is 5.03. The molecular formula is C13H15NO. The molecule has 0 spiro atoms. The molecule has 1 N–H and O–H groups in total. The Balaban J connectivity index is 2.48. The second-order valence-corrected chi connectivity index (χ2v) is 3.38. The van der Waals surface area contributed by atoms with Gasteiger partial charge in [0.25, 0.3) is 5.91 Å². The van der Waals surface area contributed by atoms with Gasteiger partial charge in [-0.3, -0.25) is 4.79 Å². The van der Waals surface area contributed by atoms with Crippen LogP contribution in [0, 0.1) is 19.3 Å². The summed E-state index contributed by atoms with van der Waals surface area (Å²) in [5.41, 5.74) is 1.73. The summed E-state index contributed by atoms with van der Waals surface area (Å²) in [7, 11) is 0. The number of benzene rings is 1. The largest absolute Gasteiger partial charge is 0.352 e. The zero-order valence-electron chi connectivity index (χ0n) is 8.92. The molecule has 1 aromatic rings. The Morgan fingerprint density at radius 3 is 2.87 bits per heavy atom. The molecule has 1 rings (SSSR count). The maximum Gasteiger partial charge on any atom is 0.251 e. The highest BCUT2D eigenvalue weighted by molar-refractivity contribution is 5.95. The lowest BCUT2D eigenvalue weighted by Gasteiger charge is -2.06. The van der Waals surface area contributed by atoms with Crippen LogP contribution in [-0.2, 0) is 0 Å². The van der Waals surface area contributed by atoms with Gasteiger partial charge in [-0.15, -0.1) is 12.3 Å². The van der Waals surface area contributed by atoms with Crippen molar-refractivity contribution in [3.63, 3.8) is 0 Å². The van der Waals surface area contributed by atoms with Crippen molar-refractivity contribution >= 4 is 5.91 Å². The van der Waals surface area contributed by atoms with Crippen LogP contribution in [-0.4, -0.2) is 12.5 Å². The molecule has 1 aromatic carbocycles. The van der Waals surface area contributed by atoms with Crippen LogP contribution < -0.4 is 5.32 Å². The van der Waals surface area contributed by atoms with Gasteiger partial charge in [0.05, 0.1) is 0 Å². The SMILES string of the molecule is C#CCCCNC(=O)c1ccccc1C. The molecule has 0 aliphatic heterocycles. The van der Waals surface area contributed by atoms with E-state index in [-0.39, 0.29) is 5.91 Å². The molecule has 0 aliphatic rings. The van der Waals surface area contributed by atoms with Gasteiger partial charge in [-0.1, -0.05) is 18.2 Å². The minimum atomic E-state index is -0.0230. The average Bonchev–Trinajstić information content (AvgIpc) is 2.25. The highest BCUT2D eigenvalue weighted by Gasteiger charge is 2.06. The highest BCUT2D eigenvalue weighted by atomic mass is 16.1. The summed E-state index contributed by atoms with van der Waals surface area (Å²) < 4.78 is 0. The predicted octanol–water partition coefficient (Wildman–Crippen LogP) is 2.14. The molecule has 0 fully saturated rings. The van der Waals surface area contributed by atoms with Gasteiger partial charge < -0.3 is 5.32 Å². The van der Waals surface area contributed by atoms with Gasteiger partial charge >= 0.3 is 0 Å². The molecule has 0 unspecified atom stereocenters. The Hall–Kier alpha value is -1.75. The van der Waals surface area contributed by atoms with Crippen molar-refractivity contribution < 1.29 is 4.79 Å². The van der Waals surface area contributed by atoms with Gasteiger partial charge in [0.15, 0.2) is 0 Å². The van der Waals surface area contributed by atoms with E-state index in [1.807, 2.05) is 31.2 Å². The second-order valence-electron chi connectivity index (χ2n) is 3.38. The molecule has 0 saturated heterocycles. The van der Waals surface area contributed by atoms with Crippen molar-refractivity contribution in [1.29, 1.82) is 0 Å². The zero-order chi connectivity index (χ0) is 11.1. The number of hydrogen-bond acceptors (Lipinski definition) is 1. The molecule has 15 heavy (non-hydrogen) atoms. The Labute approximate surface area is 90.7 Å². The minimum Gasteiger partial charge on any atom is -0.352 e. The van der Waals surface area contributed by atoms with Crippen LogP contribution in [0.3, 0.4) is 0 Å². The smallest absolute Gasteiger partial charge is 0.251 e. The molecule has 0 aliphatic carbocycles. The van der Waals surface area contributed by atoms with Crippen LogP contribution in [0.1, 0.15) is 28.8 Å². The Morgan fingerprint density at radius 1 is 1.47 bits per heavy atom. The van der Waals surface area contributed by atoms with Crippen molar-refractivity contribution in [2.75, 3.05) is 6.54 Å². The number of nitrogens with one attached hydrogen (secondary N) is 1.